The maximum atomic E-state index is 12.3. The number of ether oxygens (including phenoxy) is 1. The van der Waals surface area contributed by atoms with Crippen LogP contribution in [0, 0.1) is 0 Å². The normalized spacial score (nSPS) is 11.1. The maximum absolute atomic E-state index is 12.3. The number of carbonyl (C=O) groups is 1. The van der Waals surface area contributed by atoms with Gasteiger partial charge < -0.3 is 9.15 Å². The second kappa shape index (κ2) is 10.4. The van der Waals surface area contributed by atoms with Crippen LogP contribution in [0.25, 0.3) is 11.0 Å². The van der Waals surface area contributed by atoms with Crippen molar-refractivity contribution in [1.82, 2.24) is 5.43 Å². The summed E-state index contributed by atoms with van der Waals surface area (Å²) in [6, 6.07) is 20.1. The van der Waals surface area contributed by atoms with E-state index in [1.54, 1.807) is 30.5 Å². The topological polar surface area (TPSA) is 63.8 Å². The van der Waals surface area contributed by atoms with E-state index in [4.69, 9.17) is 32.4 Å². The van der Waals surface area contributed by atoms with Crippen LogP contribution in [0.2, 0.25) is 10.0 Å². The number of benzene rings is 3. The summed E-state index contributed by atoms with van der Waals surface area (Å²) in [5.41, 5.74) is 5.80. The standard InChI is InChI=1S/C26H20Cl2N2O3/c1-2-5-19-12-17(9-11-23(19)32-16-18-8-10-21(27)22(28)13-18)15-29-30-26(31)25-14-20-6-3-4-7-24(20)33-25/h2-4,6-15H,1,5,16H2,(H,30,31)/b29-15+. The number of rotatable bonds is 8. The van der Waals surface area contributed by atoms with Crippen molar-refractivity contribution in [3.8, 4) is 5.75 Å². The van der Waals surface area contributed by atoms with Gasteiger partial charge in [0.05, 0.1) is 16.3 Å². The molecule has 1 heterocycles. The van der Waals surface area contributed by atoms with Crippen molar-refractivity contribution >= 4 is 46.3 Å². The number of halogens is 2. The van der Waals surface area contributed by atoms with Crippen LogP contribution >= 0.6 is 23.2 Å². The van der Waals surface area contributed by atoms with Gasteiger partial charge in [-0.25, -0.2) is 5.43 Å². The Morgan fingerprint density at radius 2 is 1.91 bits per heavy atom. The van der Waals surface area contributed by atoms with Crippen molar-refractivity contribution in [2.75, 3.05) is 0 Å². The molecular weight excluding hydrogens is 459 g/mol. The Labute approximate surface area is 201 Å². The molecule has 0 atom stereocenters. The molecule has 0 aliphatic carbocycles. The number of hydrazone groups is 1. The van der Waals surface area contributed by atoms with E-state index >= 15 is 0 Å². The smallest absolute Gasteiger partial charge is 0.307 e. The maximum Gasteiger partial charge on any atom is 0.307 e. The van der Waals surface area contributed by atoms with E-state index in [-0.39, 0.29) is 5.76 Å². The highest BCUT2D eigenvalue weighted by Gasteiger charge is 2.11. The van der Waals surface area contributed by atoms with Crippen molar-refractivity contribution in [2.45, 2.75) is 13.0 Å². The molecule has 0 aliphatic heterocycles. The third kappa shape index (κ3) is 5.64. The monoisotopic (exact) mass is 478 g/mol. The number of furan rings is 1. The van der Waals surface area contributed by atoms with Gasteiger partial charge in [0.2, 0.25) is 0 Å². The summed E-state index contributed by atoms with van der Waals surface area (Å²) < 4.78 is 11.5. The molecule has 1 N–H and O–H groups in total. The van der Waals surface area contributed by atoms with Gasteiger partial charge in [-0.15, -0.1) is 6.58 Å². The first-order chi connectivity index (χ1) is 16.0. The molecule has 0 radical (unpaired) electrons. The number of amides is 1. The summed E-state index contributed by atoms with van der Waals surface area (Å²) >= 11 is 12.0. The molecule has 5 nitrogen and oxygen atoms in total. The van der Waals surface area contributed by atoms with E-state index in [9.17, 15) is 4.79 Å². The lowest BCUT2D eigenvalue weighted by Crippen LogP contribution is -2.16. The fraction of sp³-hybridized carbons (Fsp3) is 0.0769. The first-order valence-electron chi connectivity index (χ1n) is 10.2. The number of carbonyl (C=O) groups excluding carboxylic acids is 1. The molecule has 0 saturated heterocycles. The Morgan fingerprint density at radius 3 is 2.70 bits per heavy atom. The molecule has 4 aromatic rings. The molecule has 3 aromatic carbocycles. The quantitative estimate of drug-likeness (QED) is 0.172. The highest BCUT2D eigenvalue weighted by atomic mass is 35.5. The minimum atomic E-state index is -0.421. The van der Waals surface area contributed by atoms with Crippen LogP contribution in [0.15, 0.2) is 88.9 Å². The van der Waals surface area contributed by atoms with Crippen molar-refractivity contribution in [1.29, 1.82) is 0 Å². The zero-order chi connectivity index (χ0) is 23.2. The third-order valence-electron chi connectivity index (χ3n) is 4.86. The van der Waals surface area contributed by atoms with Crippen LogP contribution < -0.4 is 10.2 Å². The average Bonchev–Trinajstić information content (AvgIpc) is 3.25. The van der Waals surface area contributed by atoms with E-state index in [0.29, 0.717) is 28.7 Å². The van der Waals surface area contributed by atoms with E-state index in [0.717, 1.165) is 27.8 Å². The Bertz CT molecular complexity index is 1310. The number of nitrogens with one attached hydrogen (secondary N) is 1. The number of allylic oxidation sites excluding steroid dienone is 1. The Morgan fingerprint density at radius 1 is 1.06 bits per heavy atom. The van der Waals surface area contributed by atoms with Crippen LogP contribution in [0.3, 0.4) is 0 Å². The summed E-state index contributed by atoms with van der Waals surface area (Å²) in [5.74, 6) is 0.506. The molecule has 0 spiro atoms. The summed E-state index contributed by atoms with van der Waals surface area (Å²) in [6.45, 7) is 4.16. The molecule has 0 bridgehead atoms. The van der Waals surface area contributed by atoms with Crippen LogP contribution in [0.1, 0.15) is 27.2 Å². The second-order valence-corrected chi connectivity index (χ2v) is 8.06. The average molecular weight is 479 g/mol. The molecule has 0 fully saturated rings. The number of para-hydroxylation sites is 1. The van der Waals surface area contributed by atoms with Crippen LogP contribution in [0.4, 0.5) is 0 Å². The summed E-state index contributed by atoms with van der Waals surface area (Å²) in [6.07, 6.45) is 3.98. The fourth-order valence-corrected chi connectivity index (χ4v) is 3.56. The minimum Gasteiger partial charge on any atom is -0.489 e. The Hall–Kier alpha value is -3.54. The first-order valence-corrected chi connectivity index (χ1v) is 10.9. The third-order valence-corrected chi connectivity index (χ3v) is 5.60. The molecule has 4 rings (SSSR count). The highest BCUT2D eigenvalue weighted by Crippen LogP contribution is 2.25. The molecule has 7 heteroatoms. The highest BCUT2D eigenvalue weighted by molar-refractivity contribution is 6.42. The van der Waals surface area contributed by atoms with Crippen molar-refractivity contribution in [3.63, 3.8) is 0 Å². The van der Waals surface area contributed by atoms with Crippen molar-refractivity contribution < 1.29 is 13.9 Å². The number of fused-ring (bicyclic) bond motifs is 1. The Balaban J connectivity index is 1.42. The predicted molar refractivity (Wildman–Crippen MR) is 132 cm³/mol. The molecule has 33 heavy (non-hydrogen) atoms. The molecule has 0 saturated carbocycles. The van der Waals surface area contributed by atoms with Gasteiger partial charge >= 0.3 is 5.91 Å². The molecule has 0 aliphatic rings. The van der Waals surface area contributed by atoms with Gasteiger partial charge in [-0.05, 0) is 65.6 Å². The Kier molecular flexibility index (Phi) is 7.13. The fourth-order valence-electron chi connectivity index (χ4n) is 3.24. The summed E-state index contributed by atoms with van der Waals surface area (Å²) in [5, 5.41) is 5.90. The van der Waals surface area contributed by atoms with Crippen molar-refractivity contribution in [3.05, 3.63) is 112 Å². The molecule has 0 unspecified atom stereocenters. The number of hydrogen-bond acceptors (Lipinski definition) is 4. The zero-order valence-corrected chi connectivity index (χ0v) is 19.1. The molecular formula is C26H20Cl2N2O3. The van der Waals surface area contributed by atoms with Gasteiger partial charge in [-0.1, -0.05) is 53.5 Å². The van der Waals surface area contributed by atoms with E-state index in [1.165, 1.54) is 0 Å². The molecule has 166 valence electrons. The van der Waals surface area contributed by atoms with Gasteiger partial charge in [0.25, 0.3) is 0 Å². The van der Waals surface area contributed by atoms with E-state index in [1.807, 2.05) is 48.5 Å². The lowest BCUT2D eigenvalue weighted by molar-refractivity contribution is 0.0929. The number of hydrogen-bond donors (Lipinski definition) is 1. The lowest BCUT2D eigenvalue weighted by atomic mass is 10.1. The minimum absolute atomic E-state index is 0.201. The van der Waals surface area contributed by atoms with E-state index in [2.05, 4.69) is 17.1 Å². The van der Waals surface area contributed by atoms with Gasteiger partial charge in [0.1, 0.15) is 17.9 Å². The van der Waals surface area contributed by atoms with Crippen molar-refractivity contribution in [2.24, 2.45) is 5.10 Å². The zero-order valence-electron chi connectivity index (χ0n) is 17.6. The van der Waals surface area contributed by atoms with Crippen LogP contribution in [-0.2, 0) is 13.0 Å². The number of nitrogens with zero attached hydrogens (tertiary/aromatic N) is 1. The van der Waals surface area contributed by atoms with Crippen LogP contribution in [-0.4, -0.2) is 12.1 Å². The molecule has 1 amide bonds. The van der Waals surface area contributed by atoms with Gasteiger partial charge in [-0.3, -0.25) is 4.79 Å². The largest absolute Gasteiger partial charge is 0.489 e. The predicted octanol–water partition coefficient (Wildman–Crippen LogP) is 6.81. The van der Waals surface area contributed by atoms with E-state index < -0.39 is 5.91 Å². The first kappa shape index (κ1) is 22.6. The lowest BCUT2D eigenvalue weighted by Gasteiger charge is -2.12. The SMILES string of the molecule is C=CCc1cc(/C=N/NC(=O)c2cc3ccccc3o2)ccc1OCc1ccc(Cl)c(Cl)c1. The second-order valence-electron chi connectivity index (χ2n) is 7.24. The van der Waals surface area contributed by atoms with Gasteiger partial charge in [0, 0.05) is 5.39 Å². The summed E-state index contributed by atoms with van der Waals surface area (Å²) in [7, 11) is 0. The molecule has 1 aromatic heterocycles. The summed E-state index contributed by atoms with van der Waals surface area (Å²) in [4.78, 5) is 12.3. The van der Waals surface area contributed by atoms with Gasteiger partial charge in [0.15, 0.2) is 5.76 Å². The van der Waals surface area contributed by atoms with Gasteiger partial charge in [-0.2, -0.15) is 5.10 Å². The van der Waals surface area contributed by atoms with Crippen LogP contribution in [0.5, 0.6) is 5.75 Å².